The van der Waals surface area contributed by atoms with Crippen LogP contribution < -0.4 is 20.1 Å². The average molecular weight is 553 g/mol. The minimum Gasteiger partial charge on any atom is -0.493 e. The number of halogens is 2. The Morgan fingerprint density at radius 2 is 2.00 bits per heavy atom. The molecule has 9 nitrogen and oxygen atoms in total. The van der Waals surface area contributed by atoms with Crippen molar-refractivity contribution in [2.45, 2.75) is 18.9 Å². The molecule has 11 heteroatoms. The van der Waals surface area contributed by atoms with Gasteiger partial charge in [0, 0.05) is 56.9 Å². The zero-order valence-corrected chi connectivity index (χ0v) is 22.4. The highest BCUT2D eigenvalue weighted by molar-refractivity contribution is 6.31. The van der Waals surface area contributed by atoms with Gasteiger partial charge in [0.15, 0.2) is 17.3 Å². The molecule has 0 atom stereocenters. The highest BCUT2D eigenvalue weighted by Crippen LogP contribution is 2.39. The van der Waals surface area contributed by atoms with Crippen LogP contribution in [0.5, 0.6) is 11.5 Å². The summed E-state index contributed by atoms with van der Waals surface area (Å²) in [5.41, 5.74) is 1.36. The Hall–Kier alpha value is -3.65. The third-order valence-electron chi connectivity index (χ3n) is 7.14. The Labute approximate surface area is 231 Å². The van der Waals surface area contributed by atoms with E-state index in [1.807, 2.05) is 4.90 Å². The maximum absolute atomic E-state index is 14.7. The van der Waals surface area contributed by atoms with Gasteiger partial charge in [0.1, 0.15) is 12.2 Å². The number of benzene rings is 2. The fourth-order valence-electron chi connectivity index (χ4n) is 4.98. The number of aromatic nitrogens is 1. The number of carbonyl (C=O) groups excluding carboxylic acids is 1. The van der Waals surface area contributed by atoms with Crippen LogP contribution >= 0.6 is 11.6 Å². The van der Waals surface area contributed by atoms with E-state index in [0.29, 0.717) is 34.6 Å². The number of rotatable bonds is 7. The second kappa shape index (κ2) is 12.0. The first-order valence-corrected chi connectivity index (χ1v) is 13.3. The van der Waals surface area contributed by atoms with Crippen molar-refractivity contribution in [2.24, 2.45) is 0 Å². The lowest BCUT2D eigenvalue weighted by Gasteiger charge is -2.34. The number of amides is 1. The van der Waals surface area contributed by atoms with Crippen LogP contribution in [0.4, 0.5) is 15.8 Å². The number of nitrogens with zero attached hydrogens (tertiary/aromatic N) is 4. The molecule has 0 aliphatic carbocycles. The Kier molecular flexibility index (Phi) is 8.31. The fourth-order valence-corrected chi connectivity index (χ4v) is 5.15. The SMILES string of the molecule is COc1cc2ncc(C#N)c(Nc3cccc(Cl)c3F)c2cc1OC1CCN(CC(=O)N2CCNCC2)CC1. The number of piperazine rings is 1. The van der Waals surface area contributed by atoms with E-state index in [-0.39, 0.29) is 28.3 Å². The summed E-state index contributed by atoms with van der Waals surface area (Å²) in [6.45, 7) is 5.10. The predicted octanol–water partition coefficient (Wildman–Crippen LogP) is 3.93. The summed E-state index contributed by atoms with van der Waals surface area (Å²) in [5, 5.41) is 16.6. The number of hydrogen-bond acceptors (Lipinski definition) is 8. The highest BCUT2D eigenvalue weighted by atomic mass is 35.5. The van der Waals surface area contributed by atoms with E-state index in [0.717, 1.165) is 52.1 Å². The molecular formula is C28H30ClFN6O3. The standard InChI is InChI=1S/C28H30ClFN6O3/c1-38-24-14-23-20(28(18(15-31)16-33-23)34-22-4-2-3-21(29)27(22)30)13-25(24)39-19-5-9-35(10-6-19)17-26(37)36-11-7-32-8-12-36/h2-4,13-14,16,19,32H,5-12,17H2,1H3,(H,33,34). The molecule has 39 heavy (non-hydrogen) atoms. The molecular weight excluding hydrogens is 523 g/mol. The summed E-state index contributed by atoms with van der Waals surface area (Å²) in [7, 11) is 1.56. The van der Waals surface area contributed by atoms with E-state index in [1.54, 1.807) is 31.4 Å². The Morgan fingerprint density at radius 3 is 2.72 bits per heavy atom. The number of fused-ring (bicyclic) bond motifs is 1. The lowest BCUT2D eigenvalue weighted by Crippen LogP contribution is -2.50. The zero-order chi connectivity index (χ0) is 27.4. The predicted molar refractivity (Wildman–Crippen MR) is 147 cm³/mol. The number of ether oxygens (including phenoxy) is 2. The van der Waals surface area contributed by atoms with Gasteiger partial charge < -0.3 is 25.0 Å². The Morgan fingerprint density at radius 1 is 1.23 bits per heavy atom. The molecule has 2 fully saturated rings. The van der Waals surface area contributed by atoms with Crippen molar-refractivity contribution in [3.05, 3.63) is 52.9 Å². The topological polar surface area (TPSA) is 103 Å². The molecule has 2 aliphatic rings. The van der Waals surface area contributed by atoms with Crippen molar-refractivity contribution in [2.75, 3.05) is 58.2 Å². The Balaban J connectivity index is 1.34. The van der Waals surface area contributed by atoms with Crippen molar-refractivity contribution in [3.8, 4) is 17.6 Å². The minimum absolute atomic E-state index is 0.0245. The average Bonchev–Trinajstić information content (AvgIpc) is 2.96. The quantitative estimate of drug-likeness (QED) is 0.454. The van der Waals surface area contributed by atoms with Crippen molar-refractivity contribution in [1.82, 2.24) is 20.1 Å². The zero-order valence-electron chi connectivity index (χ0n) is 21.7. The van der Waals surface area contributed by atoms with Crippen molar-refractivity contribution < 1.29 is 18.7 Å². The van der Waals surface area contributed by atoms with Crippen LogP contribution in [0.25, 0.3) is 10.9 Å². The summed E-state index contributed by atoms with van der Waals surface area (Å²) in [6, 6.07) is 10.3. The van der Waals surface area contributed by atoms with E-state index in [4.69, 9.17) is 21.1 Å². The number of nitrogens with one attached hydrogen (secondary N) is 2. The second-order valence-corrected chi connectivity index (χ2v) is 10.0. The maximum Gasteiger partial charge on any atom is 0.236 e. The monoisotopic (exact) mass is 552 g/mol. The van der Waals surface area contributed by atoms with Crippen LogP contribution in [0.2, 0.25) is 5.02 Å². The van der Waals surface area contributed by atoms with E-state index in [2.05, 4.69) is 26.6 Å². The van der Waals surface area contributed by atoms with Gasteiger partial charge in [-0.05, 0) is 31.0 Å². The van der Waals surface area contributed by atoms with E-state index < -0.39 is 5.82 Å². The maximum atomic E-state index is 14.7. The van der Waals surface area contributed by atoms with Crippen LogP contribution in [0.1, 0.15) is 18.4 Å². The lowest BCUT2D eigenvalue weighted by atomic mass is 10.1. The molecule has 1 aromatic heterocycles. The number of anilines is 2. The normalized spacial score (nSPS) is 16.6. The van der Waals surface area contributed by atoms with Gasteiger partial charge in [0.2, 0.25) is 5.91 Å². The molecule has 0 saturated carbocycles. The first-order chi connectivity index (χ1) is 19.0. The van der Waals surface area contributed by atoms with Crippen LogP contribution in [-0.4, -0.2) is 79.7 Å². The van der Waals surface area contributed by atoms with Gasteiger partial charge in [-0.25, -0.2) is 4.39 Å². The smallest absolute Gasteiger partial charge is 0.236 e. The first-order valence-electron chi connectivity index (χ1n) is 13.0. The van der Waals surface area contributed by atoms with Gasteiger partial charge in [-0.1, -0.05) is 17.7 Å². The number of methoxy groups -OCH3 is 1. The lowest BCUT2D eigenvalue weighted by molar-refractivity contribution is -0.133. The van der Waals surface area contributed by atoms with Crippen LogP contribution in [-0.2, 0) is 4.79 Å². The molecule has 0 unspecified atom stereocenters. The van der Waals surface area contributed by atoms with E-state index in [9.17, 15) is 14.4 Å². The van der Waals surface area contributed by atoms with Crippen molar-refractivity contribution >= 4 is 39.8 Å². The number of hydrogen-bond donors (Lipinski definition) is 2. The molecule has 2 N–H and O–H groups in total. The molecule has 204 valence electrons. The number of likely N-dealkylation sites (tertiary alicyclic amines) is 1. The molecule has 0 spiro atoms. The first kappa shape index (κ1) is 26.9. The second-order valence-electron chi connectivity index (χ2n) is 9.63. The number of nitriles is 1. The third-order valence-corrected chi connectivity index (χ3v) is 7.43. The summed E-state index contributed by atoms with van der Waals surface area (Å²) in [5.74, 6) is 0.576. The number of pyridine rings is 1. The van der Waals surface area contributed by atoms with Crippen molar-refractivity contribution in [1.29, 1.82) is 5.26 Å². The van der Waals surface area contributed by atoms with Gasteiger partial charge in [0.05, 0.1) is 41.1 Å². The molecule has 2 aliphatic heterocycles. The highest BCUT2D eigenvalue weighted by Gasteiger charge is 2.26. The van der Waals surface area contributed by atoms with Gasteiger partial charge >= 0.3 is 0 Å². The number of carbonyl (C=O) groups is 1. The van der Waals surface area contributed by atoms with Crippen LogP contribution in [0, 0.1) is 17.1 Å². The molecule has 0 bridgehead atoms. The fraction of sp³-hybridized carbons (Fsp3) is 0.393. The number of piperidine rings is 1. The van der Waals surface area contributed by atoms with E-state index >= 15 is 0 Å². The minimum atomic E-state index is -0.611. The third kappa shape index (κ3) is 6.01. The molecule has 3 aromatic rings. The summed E-state index contributed by atoms with van der Waals surface area (Å²) < 4.78 is 26.7. The molecule has 2 saturated heterocycles. The van der Waals surface area contributed by atoms with Crippen LogP contribution in [0.15, 0.2) is 36.5 Å². The molecule has 3 heterocycles. The summed E-state index contributed by atoms with van der Waals surface area (Å²) in [4.78, 5) is 21.1. The van der Waals surface area contributed by atoms with Gasteiger partial charge in [-0.3, -0.25) is 14.7 Å². The van der Waals surface area contributed by atoms with Gasteiger partial charge in [0.25, 0.3) is 0 Å². The summed E-state index contributed by atoms with van der Waals surface area (Å²) in [6.07, 6.45) is 2.87. The van der Waals surface area contributed by atoms with Crippen LogP contribution in [0.3, 0.4) is 0 Å². The van der Waals surface area contributed by atoms with Gasteiger partial charge in [-0.2, -0.15) is 5.26 Å². The molecule has 0 radical (unpaired) electrons. The van der Waals surface area contributed by atoms with Crippen molar-refractivity contribution in [3.63, 3.8) is 0 Å². The molecule has 5 rings (SSSR count). The molecule has 2 aromatic carbocycles. The largest absolute Gasteiger partial charge is 0.493 e. The summed E-state index contributed by atoms with van der Waals surface area (Å²) >= 11 is 5.97. The Bertz CT molecular complexity index is 1400. The molecule has 1 amide bonds. The van der Waals surface area contributed by atoms with Gasteiger partial charge in [-0.15, -0.1) is 0 Å². The van der Waals surface area contributed by atoms with E-state index in [1.165, 1.54) is 12.3 Å².